The first-order valence-corrected chi connectivity index (χ1v) is 6.14. The molecular weight excluding hydrogens is 252 g/mol. The molecule has 1 amide bonds. The molecule has 2 N–H and O–H groups in total. The summed E-state index contributed by atoms with van der Waals surface area (Å²) in [6.45, 7) is 0.604. The maximum Gasteiger partial charge on any atom is 0.251 e. The van der Waals surface area contributed by atoms with Crippen LogP contribution in [0.15, 0.2) is 42.6 Å². The van der Waals surface area contributed by atoms with Gasteiger partial charge in [-0.15, -0.1) is 0 Å². The number of benzene rings is 1. The topological polar surface area (TPSA) is 77.8 Å². The van der Waals surface area contributed by atoms with Crippen LogP contribution in [-0.4, -0.2) is 17.9 Å². The van der Waals surface area contributed by atoms with Gasteiger partial charge in [0.15, 0.2) is 0 Å². The molecule has 20 heavy (non-hydrogen) atoms. The summed E-state index contributed by atoms with van der Waals surface area (Å²) in [6.07, 6.45) is 1.52. The Labute approximate surface area is 117 Å². The van der Waals surface area contributed by atoms with E-state index in [-0.39, 0.29) is 5.91 Å². The molecule has 1 aromatic heterocycles. The Morgan fingerprint density at radius 1 is 1.25 bits per heavy atom. The lowest BCUT2D eigenvalue weighted by molar-refractivity contribution is 0.0963. The van der Waals surface area contributed by atoms with E-state index >= 15 is 0 Å². The standard InChI is InChI=1S/C15H14N4O/c1-17-15(20)13-5-2-11(3-6-13)9-18-14-7-4-12(8-16)10-19-14/h2-7,10H,9H2,1H3,(H,17,20)(H,18,19). The fourth-order valence-electron chi connectivity index (χ4n) is 1.68. The van der Waals surface area contributed by atoms with E-state index in [9.17, 15) is 4.79 Å². The lowest BCUT2D eigenvalue weighted by Crippen LogP contribution is -2.17. The van der Waals surface area contributed by atoms with E-state index in [1.165, 1.54) is 6.20 Å². The van der Waals surface area contributed by atoms with Crippen LogP contribution < -0.4 is 10.6 Å². The minimum Gasteiger partial charge on any atom is -0.366 e. The number of carbonyl (C=O) groups is 1. The Hall–Kier alpha value is -2.87. The van der Waals surface area contributed by atoms with Crippen molar-refractivity contribution in [3.63, 3.8) is 0 Å². The zero-order valence-corrected chi connectivity index (χ0v) is 11.1. The third kappa shape index (κ3) is 3.33. The fraction of sp³-hybridized carbons (Fsp3) is 0.133. The second-order valence-electron chi connectivity index (χ2n) is 4.17. The van der Waals surface area contributed by atoms with Gasteiger partial charge in [0.2, 0.25) is 0 Å². The van der Waals surface area contributed by atoms with Gasteiger partial charge in [-0.25, -0.2) is 4.98 Å². The van der Waals surface area contributed by atoms with Crippen LogP contribution in [0.25, 0.3) is 0 Å². The maximum atomic E-state index is 11.4. The van der Waals surface area contributed by atoms with Gasteiger partial charge in [-0.3, -0.25) is 4.79 Å². The summed E-state index contributed by atoms with van der Waals surface area (Å²) >= 11 is 0. The zero-order valence-electron chi connectivity index (χ0n) is 11.1. The molecule has 0 fully saturated rings. The smallest absolute Gasteiger partial charge is 0.251 e. The number of hydrogen-bond acceptors (Lipinski definition) is 4. The summed E-state index contributed by atoms with van der Waals surface area (Å²) in [5, 5.41) is 14.4. The van der Waals surface area contributed by atoms with Crippen molar-refractivity contribution in [2.24, 2.45) is 0 Å². The summed E-state index contributed by atoms with van der Waals surface area (Å²) in [4.78, 5) is 15.5. The second kappa shape index (κ2) is 6.34. The molecule has 0 saturated heterocycles. The van der Waals surface area contributed by atoms with Gasteiger partial charge < -0.3 is 10.6 Å². The largest absolute Gasteiger partial charge is 0.366 e. The van der Waals surface area contributed by atoms with E-state index in [1.807, 2.05) is 18.2 Å². The number of nitrogens with one attached hydrogen (secondary N) is 2. The normalized spacial score (nSPS) is 9.60. The minimum absolute atomic E-state index is 0.0988. The number of carbonyl (C=O) groups excluding carboxylic acids is 1. The van der Waals surface area contributed by atoms with Gasteiger partial charge in [-0.05, 0) is 29.8 Å². The van der Waals surface area contributed by atoms with Gasteiger partial charge in [0.25, 0.3) is 5.91 Å². The van der Waals surface area contributed by atoms with Crippen molar-refractivity contribution < 1.29 is 4.79 Å². The number of nitrogens with zero attached hydrogens (tertiary/aromatic N) is 2. The zero-order chi connectivity index (χ0) is 14.4. The number of rotatable bonds is 4. The molecular formula is C15H14N4O. The fourth-order valence-corrected chi connectivity index (χ4v) is 1.68. The van der Waals surface area contributed by atoms with Crippen molar-refractivity contribution in [1.82, 2.24) is 10.3 Å². The summed E-state index contributed by atoms with van der Waals surface area (Å²) in [5.41, 5.74) is 2.21. The Balaban J connectivity index is 1.96. The van der Waals surface area contributed by atoms with Crippen LogP contribution in [0.2, 0.25) is 0 Å². The van der Waals surface area contributed by atoms with Gasteiger partial charge in [-0.2, -0.15) is 5.26 Å². The van der Waals surface area contributed by atoms with E-state index in [4.69, 9.17) is 5.26 Å². The van der Waals surface area contributed by atoms with Gasteiger partial charge in [-0.1, -0.05) is 12.1 Å². The molecule has 0 aliphatic rings. The highest BCUT2D eigenvalue weighted by atomic mass is 16.1. The molecule has 0 spiro atoms. The molecule has 0 aliphatic heterocycles. The Morgan fingerprint density at radius 3 is 2.55 bits per heavy atom. The molecule has 0 unspecified atom stereocenters. The quantitative estimate of drug-likeness (QED) is 0.886. The van der Waals surface area contributed by atoms with E-state index in [2.05, 4.69) is 15.6 Å². The van der Waals surface area contributed by atoms with E-state index in [0.717, 1.165) is 5.56 Å². The lowest BCUT2D eigenvalue weighted by Gasteiger charge is -2.06. The van der Waals surface area contributed by atoms with Crippen molar-refractivity contribution in [3.8, 4) is 6.07 Å². The molecule has 1 heterocycles. The molecule has 0 saturated carbocycles. The number of aromatic nitrogens is 1. The average molecular weight is 266 g/mol. The number of nitriles is 1. The molecule has 5 nitrogen and oxygen atoms in total. The predicted octanol–water partition coefficient (Wildman–Crippen LogP) is 1.92. The molecule has 0 aliphatic carbocycles. The first kappa shape index (κ1) is 13.6. The Morgan fingerprint density at radius 2 is 2.00 bits per heavy atom. The average Bonchev–Trinajstić information content (AvgIpc) is 2.53. The van der Waals surface area contributed by atoms with Gasteiger partial charge in [0, 0.05) is 25.4 Å². The molecule has 100 valence electrons. The third-order valence-electron chi connectivity index (χ3n) is 2.81. The summed E-state index contributed by atoms with van der Waals surface area (Å²) in [6, 6.07) is 12.8. The van der Waals surface area contributed by atoms with Crippen LogP contribution in [0, 0.1) is 11.3 Å². The van der Waals surface area contributed by atoms with Crippen molar-refractivity contribution >= 4 is 11.7 Å². The monoisotopic (exact) mass is 266 g/mol. The molecule has 2 aromatic rings. The number of hydrogen-bond donors (Lipinski definition) is 2. The molecule has 2 rings (SSSR count). The van der Waals surface area contributed by atoms with Crippen LogP contribution in [0.1, 0.15) is 21.5 Å². The molecule has 0 atom stereocenters. The maximum absolute atomic E-state index is 11.4. The minimum atomic E-state index is -0.0988. The van der Waals surface area contributed by atoms with Crippen LogP contribution in [-0.2, 0) is 6.54 Å². The van der Waals surface area contributed by atoms with Crippen LogP contribution >= 0.6 is 0 Å². The van der Waals surface area contributed by atoms with Crippen LogP contribution in [0.5, 0.6) is 0 Å². The lowest BCUT2D eigenvalue weighted by atomic mass is 10.1. The van der Waals surface area contributed by atoms with Crippen molar-refractivity contribution in [2.75, 3.05) is 12.4 Å². The highest BCUT2D eigenvalue weighted by Gasteiger charge is 2.02. The SMILES string of the molecule is CNC(=O)c1ccc(CNc2ccc(C#N)cn2)cc1. The van der Waals surface area contributed by atoms with Gasteiger partial charge in [0.05, 0.1) is 5.56 Å². The highest BCUT2D eigenvalue weighted by Crippen LogP contribution is 2.08. The number of anilines is 1. The van der Waals surface area contributed by atoms with Gasteiger partial charge in [0.1, 0.15) is 11.9 Å². The number of amides is 1. The summed E-state index contributed by atoms with van der Waals surface area (Å²) < 4.78 is 0. The van der Waals surface area contributed by atoms with Gasteiger partial charge >= 0.3 is 0 Å². The molecule has 1 aromatic carbocycles. The summed E-state index contributed by atoms with van der Waals surface area (Å²) in [5.74, 6) is 0.609. The molecule has 0 radical (unpaired) electrons. The first-order chi connectivity index (χ1) is 9.72. The van der Waals surface area contributed by atoms with E-state index in [0.29, 0.717) is 23.5 Å². The third-order valence-corrected chi connectivity index (χ3v) is 2.81. The number of pyridine rings is 1. The van der Waals surface area contributed by atoms with Crippen LogP contribution in [0.3, 0.4) is 0 Å². The highest BCUT2D eigenvalue weighted by molar-refractivity contribution is 5.93. The Kier molecular flexibility index (Phi) is 4.30. The molecule has 5 heteroatoms. The van der Waals surface area contributed by atoms with E-state index < -0.39 is 0 Å². The van der Waals surface area contributed by atoms with Crippen molar-refractivity contribution in [2.45, 2.75) is 6.54 Å². The Bertz CT molecular complexity index is 626. The molecule has 0 bridgehead atoms. The second-order valence-corrected chi connectivity index (χ2v) is 4.17. The van der Waals surface area contributed by atoms with Crippen molar-refractivity contribution in [3.05, 3.63) is 59.3 Å². The predicted molar refractivity (Wildman–Crippen MR) is 76.1 cm³/mol. The van der Waals surface area contributed by atoms with Crippen molar-refractivity contribution in [1.29, 1.82) is 5.26 Å². The van der Waals surface area contributed by atoms with E-state index in [1.54, 1.807) is 31.3 Å². The first-order valence-electron chi connectivity index (χ1n) is 6.14. The van der Waals surface area contributed by atoms with Crippen LogP contribution in [0.4, 0.5) is 5.82 Å². The summed E-state index contributed by atoms with van der Waals surface area (Å²) in [7, 11) is 1.61.